The number of nitrogens with one attached hydrogen (secondary N) is 1. The zero-order valence-corrected chi connectivity index (χ0v) is 11.9. The summed E-state index contributed by atoms with van der Waals surface area (Å²) in [5, 5.41) is 17.9. The molecule has 0 aliphatic rings. The lowest BCUT2D eigenvalue weighted by Crippen LogP contribution is -2.43. The minimum Gasteiger partial charge on any atom is -0.480 e. The highest BCUT2D eigenvalue weighted by atomic mass is 35.5. The maximum absolute atomic E-state index is 12.1. The van der Waals surface area contributed by atoms with Gasteiger partial charge in [0.1, 0.15) is 17.0 Å². The first-order valence-corrected chi connectivity index (χ1v) is 7.11. The zero-order chi connectivity index (χ0) is 15.3. The fourth-order valence-corrected chi connectivity index (χ4v) is 2.98. The number of ether oxygens (including phenoxy) is 1. The van der Waals surface area contributed by atoms with Crippen molar-refractivity contribution in [1.82, 2.24) is 4.72 Å². The van der Waals surface area contributed by atoms with Crippen LogP contribution in [-0.4, -0.2) is 39.3 Å². The highest BCUT2D eigenvalue weighted by molar-refractivity contribution is 7.89. The molecule has 20 heavy (non-hydrogen) atoms. The number of halogens is 1. The van der Waals surface area contributed by atoms with E-state index >= 15 is 0 Å². The molecule has 7 nitrogen and oxygen atoms in total. The van der Waals surface area contributed by atoms with Gasteiger partial charge in [0.05, 0.1) is 12.2 Å². The number of aliphatic carboxylic acids is 1. The lowest BCUT2D eigenvalue weighted by Gasteiger charge is -2.14. The number of rotatable bonds is 6. The van der Waals surface area contributed by atoms with Crippen LogP contribution in [0.25, 0.3) is 0 Å². The van der Waals surface area contributed by atoms with Crippen molar-refractivity contribution < 1.29 is 23.1 Å². The maximum atomic E-state index is 12.1. The Balaban J connectivity index is 3.20. The summed E-state index contributed by atoms with van der Waals surface area (Å²) in [6.07, 6.45) is 0. The molecule has 1 atom stereocenters. The van der Waals surface area contributed by atoms with Crippen molar-refractivity contribution in [3.05, 3.63) is 28.8 Å². The summed E-state index contributed by atoms with van der Waals surface area (Å²) in [5.74, 6) is -1.39. The van der Waals surface area contributed by atoms with Gasteiger partial charge in [-0.05, 0) is 18.2 Å². The quantitative estimate of drug-likeness (QED) is 0.793. The van der Waals surface area contributed by atoms with E-state index in [2.05, 4.69) is 4.74 Å². The number of carboxylic acids is 1. The van der Waals surface area contributed by atoms with E-state index in [9.17, 15) is 13.2 Å². The van der Waals surface area contributed by atoms with Crippen molar-refractivity contribution >= 4 is 27.6 Å². The van der Waals surface area contributed by atoms with Crippen LogP contribution < -0.4 is 4.72 Å². The molecular weight excluding hydrogens is 308 g/mol. The zero-order valence-electron chi connectivity index (χ0n) is 10.3. The molecule has 0 bridgehead atoms. The van der Waals surface area contributed by atoms with Crippen LogP contribution in [0.2, 0.25) is 5.02 Å². The average molecular weight is 319 g/mol. The number of carboxylic acid groups (broad SMARTS) is 1. The van der Waals surface area contributed by atoms with Crippen LogP contribution in [0.15, 0.2) is 23.1 Å². The summed E-state index contributed by atoms with van der Waals surface area (Å²) < 4.78 is 30.8. The van der Waals surface area contributed by atoms with Crippen LogP contribution in [0, 0.1) is 11.3 Å². The molecule has 1 aromatic carbocycles. The fraction of sp³-hybridized carbons (Fsp3) is 0.273. The number of hydrogen-bond acceptors (Lipinski definition) is 5. The van der Waals surface area contributed by atoms with Crippen molar-refractivity contribution in [3.8, 4) is 6.07 Å². The molecule has 1 aromatic rings. The number of benzene rings is 1. The second-order valence-corrected chi connectivity index (χ2v) is 5.84. The van der Waals surface area contributed by atoms with E-state index in [-0.39, 0.29) is 22.1 Å². The van der Waals surface area contributed by atoms with E-state index in [1.165, 1.54) is 19.2 Å². The predicted octanol–water partition coefficient (Wildman–Crippen LogP) is 0.590. The number of hydrogen-bond donors (Lipinski definition) is 2. The van der Waals surface area contributed by atoms with Gasteiger partial charge in [0.2, 0.25) is 10.0 Å². The van der Waals surface area contributed by atoms with Gasteiger partial charge in [-0.15, -0.1) is 0 Å². The molecule has 0 saturated heterocycles. The van der Waals surface area contributed by atoms with Crippen molar-refractivity contribution in [1.29, 1.82) is 5.26 Å². The van der Waals surface area contributed by atoms with E-state index in [4.69, 9.17) is 22.0 Å². The molecule has 9 heteroatoms. The van der Waals surface area contributed by atoms with Crippen LogP contribution in [0.3, 0.4) is 0 Å². The monoisotopic (exact) mass is 318 g/mol. The average Bonchev–Trinajstić information content (AvgIpc) is 2.38. The molecule has 1 rings (SSSR count). The molecule has 0 saturated carbocycles. The van der Waals surface area contributed by atoms with Gasteiger partial charge in [-0.2, -0.15) is 9.98 Å². The maximum Gasteiger partial charge on any atom is 0.324 e. The lowest BCUT2D eigenvalue weighted by atomic mass is 10.2. The van der Waals surface area contributed by atoms with Crippen molar-refractivity contribution in [3.63, 3.8) is 0 Å². The molecule has 0 spiro atoms. The molecule has 1 unspecified atom stereocenters. The summed E-state index contributed by atoms with van der Waals surface area (Å²) >= 11 is 5.70. The van der Waals surface area contributed by atoms with E-state index in [0.717, 1.165) is 6.07 Å². The first kappa shape index (κ1) is 16.4. The van der Waals surface area contributed by atoms with Crippen molar-refractivity contribution in [2.45, 2.75) is 10.9 Å². The molecule has 0 radical (unpaired) electrons. The second-order valence-electron chi connectivity index (χ2n) is 3.72. The summed E-state index contributed by atoms with van der Waals surface area (Å²) in [7, 11) is -2.97. The van der Waals surface area contributed by atoms with Crippen LogP contribution in [0.5, 0.6) is 0 Å². The Labute approximate surface area is 120 Å². The molecule has 0 heterocycles. The van der Waals surface area contributed by atoms with Gasteiger partial charge in [0, 0.05) is 12.1 Å². The Kier molecular flexibility index (Phi) is 5.47. The second kappa shape index (κ2) is 6.67. The third kappa shape index (κ3) is 3.91. The molecule has 0 aliphatic carbocycles. The summed E-state index contributed by atoms with van der Waals surface area (Å²) in [4.78, 5) is 10.5. The minimum absolute atomic E-state index is 0.114. The molecule has 0 fully saturated rings. The van der Waals surface area contributed by atoms with E-state index in [0.29, 0.717) is 0 Å². The Morgan fingerprint density at radius 1 is 1.60 bits per heavy atom. The van der Waals surface area contributed by atoms with E-state index in [1.54, 1.807) is 6.07 Å². The van der Waals surface area contributed by atoms with Gasteiger partial charge < -0.3 is 9.84 Å². The number of nitriles is 1. The summed E-state index contributed by atoms with van der Waals surface area (Å²) in [5.41, 5.74) is -0.136. The van der Waals surface area contributed by atoms with Gasteiger partial charge in [-0.3, -0.25) is 4.79 Å². The third-order valence-electron chi connectivity index (χ3n) is 2.28. The first-order valence-electron chi connectivity index (χ1n) is 5.25. The lowest BCUT2D eigenvalue weighted by molar-refractivity contribution is -0.140. The van der Waals surface area contributed by atoms with Crippen LogP contribution in [-0.2, 0) is 19.6 Å². The van der Waals surface area contributed by atoms with Crippen LogP contribution in [0.4, 0.5) is 0 Å². The Bertz CT molecular complexity index is 653. The largest absolute Gasteiger partial charge is 0.480 e. The third-order valence-corrected chi connectivity index (χ3v) is 4.03. The topological polar surface area (TPSA) is 116 Å². The van der Waals surface area contributed by atoms with Crippen LogP contribution in [0.1, 0.15) is 5.56 Å². The molecule has 2 N–H and O–H groups in total. The van der Waals surface area contributed by atoms with Gasteiger partial charge in [-0.25, -0.2) is 8.42 Å². The standard InChI is InChI=1S/C11H11ClN2O5S/c1-19-6-9(11(15)16)14-20(17,18)10-4-8(12)3-2-7(10)5-13/h2-4,9,14H,6H2,1H3,(H,15,16). The molecular formula is C11H11ClN2O5S. The summed E-state index contributed by atoms with van der Waals surface area (Å²) in [6.45, 7) is -0.350. The SMILES string of the molecule is COCC(NS(=O)(=O)c1cc(Cl)ccc1C#N)C(=O)O. The molecule has 0 aromatic heterocycles. The highest BCUT2D eigenvalue weighted by Crippen LogP contribution is 2.20. The highest BCUT2D eigenvalue weighted by Gasteiger charge is 2.27. The van der Waals surface area contributed by atoms with Gasteiger partial charge in [-0.1, -0.05) is 11.6 Å². The van der Waals surface area contributed by atoms with E-state index in [1.807, 2.05) is 4.72 Å². The number of methoxy groups -OCH3 is 1. The van der Waals surface area contributed by atoms with Crippen LogP contribution >= 0.6 is 11.6 Å². The van der Waals surface area contributed by atoms with Crippen molar-refractivity contribution in [2.75, 3.05) is 13.7 Å². The number of carbonyl (C=O) groups is 1. The predicted molar refractivity (Wildman–Crippen MR) is 69.8 cm³/mol. The molecule has 108 valence electrons. The molecule has 0 aliphatic heterocycles. The summed E-state index contributed by atoms with van der Waals surface area (Å²) in [6, 6.07) is 3.93. The van der Waals surface area contributed by atoms with Gasteiger partial charge in [0.25, 0.3) is 0 Å². The molecule has 0 amide bonds. The van der Waals surface area contributed by atoms with Crippen molar-refractivity contribution in [2.24, 2.45) is 0 Å². The Hall–Kier alpha value is -1.66. The number of sulfonamides is 1. The van der Waals surface area contributed by atoms with Gasteiger partial charge in [0.15, 0.2) is 0 Å². The Morgan fingerprint density at radius 3 is 2.75 bits per heavy atom. The van der Waals surface area contributed by atoms with E-state index < -0.39 is 22.0 Å². The normalized spacial score (nSPS) is 12.7. The fourth-order valence-electron chi connectivity index (χ4n) is 1.38. The number of nitrogens with zero attached hydrogens (tertiary/aromatic N) is 1. The smallest absolute Gasteiger partial charge is 0.324 e. The Morgan fingerprint density at radius 2 is 2.25 bits per heavy atom. The first-order chi connectivity index (χ1) is 9.31. The van der Waals surface area contributed by atoms with Gasteiger partial charge >= 0.3 is 5.97 Å². The minimum atomic E-state index is -4.21.